The molecule has 1 saturated heterocycles. The van der Waals surface area contributed by atoms with Gasteiger partial charge in [-0.2, -0.15) is 0 Å². The van der Waals surface area contributed by atoms with E-state index in [1.165, 1.54) is 0 Å². The summed E-state index contributed by atoms with van der Waals surface area (Å²) >= 11 is 0. The summed E-state index contributed by atoms with van der Waals surface area (Å²) in [5.74, 6) is 1.84. The number of hydrogen-bond acceptors (Lipinski definition) is 4. The Labute approximate surface area is 123 Å². The first-order valence-electron chi connectivity index (χ1n) is 7.04. The number of hydrogen-bond donors (Lipinski definition) is 1. The maximum atomic E-state index is 9.69. The first-order chi connectivity index (χ1) is 8.93. The van der Waals surface area contributed by atoms with Crippen molar-refractivity contribution >= 4 is 8.32 Å². The van der Waals surface area contributed by atoms with Gasteiger partial charge < -0.3 is 19.0 Å². The minimum Gasteiger partial charge on any atom is -0.409 e. The molecule has 4 nitrogen and oxygen atoms in total. The van der Waals surface area contributed by atoms with Crippen LogP contribution in [-0.2, 0) is 13.9 Å². The highest BCUT2D eigenvalue weighted by molar-refractivity contribution is 6.74. The van der Waals surface area contributed by atoms with Gasteiger partial charge in [0.15, 0.2) is 14.1 Å². The molecule has 0 aromatic rings. The van der Waals surface area contributed by atoms with Crippen LogP contribution in [0.25, 0.3) is 0 Å². The second-order valence-electron chi connectivity index (χ2n) is 7.29. The van der Waals surface area contributed by atoms with Crippen molar-refractivity contribution < 1.29 is 19.0 Å². The van der Waals surface area contributed by atoms with Gasteiger partial charge in [-0.3, -0.25) is 0 Å². The second kappa shape index (κ2) is 5.78. The molecule has 1 aliphatic heterocycles. The topological polar surface area (TPSA) is 47.9 Å². The van der Waals surface area contributed by atoms with Gasteiger partial charge in [-0.15, -0.1) is 6.42 Å². The Kier molecular flexibility index (Phi) is 5.11. The standard InChI is InChI=1S/C15H28O4Si/c1-9-11-13(18-15(5,6)17-11)12(10-16)19-20(7,8)14(2,3)4/h1,11-13,16H,10H2,2-8H3/t11-,12-,13+/m1/s1. The maximum Gasteiger partial charge on any atom is 0.192 e. The van der Waals surface area contributed by atoms with E-state index in [9.17, 15) is 5.11 Å². The molecular formula is C15H28O4Si. The summed E-state index contributed by atoms with van der Waals surface area (Å²) in [5, 5.41) is 9.75. The van der Waals surface area contributed by atoms with E-state index >= 15 is 0 Å². The van der Waals surface area contributed by atoms with Crippen LogP contribution >= 0.6 is 0 Å². The molecule has 0 radical (unpaired) electrons. The first-order valence-corrected chi connectivity index (χ1v) is 9.95. The van der Waals surface area contributed by atoms with Crippen LogP contribution < -0.4 is 0 Å². The highest BCUT2D eigenvalue weighted by Crippen LogP contribution is 2.39. The van der Waals surface area contributed by atoms with Gasteiger partial charge >= 0.3 is 0 Å². The van der Waals surface area contributed by atoms with E-state index in [1.54, 1.807) is 0 Å². The Morgan fingerprint density at radius 2 is 1.90 bits per heavy atom. The summed E-state index contributed by atoms with van der Waals surface area (Å²) in [4.78, 5) is 0. The molecule has 0 aliphatic carbocycles. The lowest BCUT2D eigenvalue weighted by Gasteiger charge is -2.40. The summed E-state index contributed by atoms with van der Waals surface area (Å²) in [6, 6.07) is 0. The average molecular weight is 300 g/mol. The number of terminal acetylenes is 1. The Morgan fingerprint density at radius 1 is 1.35 bits per heavy atom. The van der Waals surface area contributed by atoms with Crippen molar-refractivity contribution in [3.05, 3.63) is 0 Å². The zero-order valence-electron chi connectivity index (χ0n) is 13.7. The van der Waals surface area contributed by atoms with Gasteiger partial charge in [0.2, 0.25) is 0 Å². The van der Waals surface area contributed by atoms with Crippen molar-refractivity contribution in [2.45, 2.75) is 76.8 Å². The molecule has 1 fully saturated rings. The van der Waals surface area contributed by atoms with E-state index in [4.69, 9.17) is 20.3 Å². The molecule has 20 heavy (non-hydrogen) atoms. The molecule has 5 heteroatoms. The molecule has 0 aromatic heterocycles. The van der Waals surface area contributed by atoms with Crippen molar-refractivity contribution in [2.24, 2.45) is 0 Å². The van der Waals surface area contributed by atoms with E-state index in [2.05, 4.69) is 39.8 Å². The Morgan fingerprint density at radius 3 is 2.30 bits per heavy atom. The highest BCUT2D eigenvalue weighted by Gasteiger charge is 2.48. The van der Waals surface area contributed by atoms with E-state index in [0.717, 1.165) is 0 Å². The quantitative estimate of drug-likeness (QED) is 0.640. The second-order valence-corrected chi connectivity index (χ2v) is 12.0. The van der Waals surface area contributed by atoms with Crippen LogP contribution in [0.1, 0.15) is 34.6 Å². The molecule has 1 N–H and O–H groups in total. The zero-order valence-corrected chi connectivity index (χ0v) is 14.7. The van der Waals surface area contributed by atoms with Crippen LogP contribution in [0.4, 0.5) is 0 Å². The van der Waals surface area contributed by atoms with Gasteiger partial charge in [0.25, 0.3) is 0 Å². The van der Waals surface area contributed by atoms with Crippen LogP contribution in [0.15, 0.2) is 0 Å². The monoisotopic (exact) mass is 300 g/mol. The summed E-state index contributed by atoms with van der Waals surface area (Å²) < 4.78 is 17.7. The SMILES string of the molecule is C#C[C@H]1OC(C)(C)O[C@@H]1[C@@H](CO)O[Si](C)(C)C(C)(C)C. The van der Waals surface area contributed by atoms with Crippen LogP contribution in [0.2, 0.25) is 18.1 Å². The zero-order chi connectivity index (χ0) is 15.8. The number of ether oxygens (including phenoxy) is 2. The van der Waals surface area contributed by atoms with Gasteiger partial charge in [-0.05, 0) is 32.0 Å². The lowest BCUT2D eigenvalue weighted by molar-refractivity contribution is -0.154. The largest absolute Gasteiger partial charge is 0.409 e. The van der Waals surface area contributed by atoms with Gasteiger partial charge in [0, 0.05) is 0 Å². The normalized spacial score (nSPS) is 28.1. The Balaban J connectivity index is 2.90. The van der Waals surface area contributed by atoms with Crippen LogP contribution in [0.5, 0.6) is 0 Å². The third kappa shape index (κ3) is 3.83. The molecule has 0 aromatic carbocycles. The number of rotatable bonds is 4. The Hall–Kier alpha value is -0.383. The van der Waals surface area contributed by atoms with Gasteiger partial charge in [0.05, 0.1) is 12.7 Å². The molecule has 0 saturated carbocycles. The lowest BCUT2D eigenvalue weighted by atomic mass is 10.1. The molecule has 1 rings (SSSR count). The smallest absolute Gasteiger partial charge is 0.192 e. The van der Waals surface area contributed by atoms with Crippen molar-refractivity contribution in [2.75, 3.05) is 6.61 Å². The van der Waals surface area contributed by atoms with Crippen LogP contribution in [0.3, 0.4) is 0 Å². The molecular weight excluding hydrogens is 272 g/mol. The lowest BCUT2D eigenvalue weighted by Crippen LogP contribution is -2.50. The fourth-order valence-corrected chi connectivity index (χ4v) is 3.27. The maximum absolute atomic E-state index is 9.69. The van der Waals surface area contributed by atoms with Crippen molar-refractivity contribution in [1.82, 2.24) is 0 Å². The molecule has 0 spiro atoms. The van der Waals surface area contributed by atoms with Crippen molar-refractivity contribution in [3.8, 4) is 12.3 Å². The van der Waals surface area contributed by atoms with Gasteiger partial charge in [-0.1, -0.05) is 26.7 Å². The number of aliphatic hydroxyl groups is 1. The predicted molar refractivity (Wildman–Crippen MR) is 81.8 cm³/mol. The number of aliphatic hydroxyl groups excluding tert-OH is 1. The van der Waals surface area contributed by atoms with Crippen LogP contribution in [-0.4, -0.2) is 44.1 Å². The summed E-state index contributed by atoms with van der Waals surface area (Å²) in [5.41, 5.74) is 0. The summed E-state index contributed by atoms with van der Waals surface area (Å²) in [6.45, 7) is 14.3. The van der Waals surface area contributed by atoms with Crippen LogP contribution in [0, 0.1) is 12.3 Å². The molecule has 3 atom stereocenters. The predicted octanol–water partition coefficient (Wildman–Crippen LogP) is 2.52. The van der Waals surface area contributed by atoms with Crippen molar-refractivity contribution in [1.29, 1.82) is 0 Å². The fourth-order valence-electron chi connectivity index (χ4n) is 1.95. The Bertz CT molecular complexity index is 378. The molecule has 1 heterocycles. The fraction of sp³-hybridized carbons (Fsp3) is 0.867. The van der Waals surface area contributed by atoms with E-state index < -0.39 is 32.4 Å². The van der Waals surface area contributed by atoms with Gasteiger partial charge in [-0.25, -0.2) is 0 Å². The summed E-state index contributed by atoms with van der Waals surface area (Å²) in [7, 11) is -2.01. The van der Waals surface area contributed by atoms with E-state index in [0.29, 0.717) is 0 Å². The minimum absolute atomic E-state index is 0.0566. The first kappa shape index (κ1) is 17.7. The third-order valence-corrected chi connectivity index (χ3v) is 8.60. The highest BCUT2D eigenvalue weighted by atomic mass is 28.4. The molecule has 116 valence electrons. The minimum atomic E-state index is -2.01. The van der Waals surface area contributed by atoms with E-state index in [-0.39, 0.29) is 11.6 Å². The van der Waals surface area contributed by atoms with Crippen molar-refractivity contribution in [3.63, 3.8) is 0 Å². The van der Waals surface area contributed by atoms with Gasteiger partial charge in [0.1, 0.15) is 12.2 Å². The third-order valence-electron chi connectivity index (χ3n) is 4.09. The summed E-state index contributed by atoms with van der Waals surface area (Å²) in [6.07, 6.45) is 4.12. The molecule has 0 bridgehead atoms. The average Bonchev–Trinajstić information content (AvgIpc) is 2.60. The molecule has 1 aliphatic rings. The van der Waals surface area contributed by atoms with E-state index in [1.807, 2.05) is 13.8 Å². The molecule has 0 amide bonds. The molecule has 0 unspecified atom stereocenters.